The predicted octanol–water partition coefficient (Wildman–Crippen LogP) is 5.63. The van der Waals surface area contributed by atoms with Crippen molar-refractivity contribution >= 4 is 78.9 Å². The lowest BCUT2D eigenvalue weighted by Gasteiger charge is -2.04. The Kier molecular flexibility index (Phi) is 6.86. The smallest absolute Gasteiger partial charge is 0.234 e. The van der Waals surface area contributed by atoms with Crippen molar-refractivity contribution in [3.63, 3.8) is 0 Å². The van der Waals surface area contributed by atoms with Crippen LogP contribution in [0.15, 0.2) is 52.2 Å². The molecule has 4 aromatic rings. The summed E-state index contributed by atoms with van der Waals surface area (Å²) < 4.78 is 1.78. The van der Waals surface area contributed by atoms with Crippen LogP contribution in [-0.4, -0.2) is 27.5 Å². The number of rotatable bonds is 7. The van der Waals surface area contributed by atoms with Crippen molar-refractivity contribution in [2.24, 2.45) is 0 Å². The van der Waals surface area contributed by atoms with Gasteiger partial charge in [0.2, 0.25) is 11.8 Å². The standard InChI is InChI=1S/C21H17ClN4O2S3/c1-12-2-7-16-17(8-12)31-20(25-16)26-18(27)9-15-10-29-21(24-15)30-11-19(28)23-14-5-3-13(22)4-6-14/h2-8,10H,9,11H2,1H3,(H,23,28)(H,25,26,27). The minimum absolute atomic E-state index is 0.132. The van der Waals surface area contributed by atoms with Crippen LogP contribution in [0.4, 0.5) is 10.8 Å². The van der Waals surface area contributed by atoms with E-state index in [1.165, 1.54) is 34.4 Å². The van der Waals surface area contributed by atoms with Crippen LogP contribution in [-0.2, 0) is 16.0 Å². The first-order chi connectivity index (χ1) is 14.9. The zero-order valence-corrected chi connectivity index (χ0v) is 19.6. The van der Waals surface area contributed by atoms with Crippen molar-refractivity contribution in [2.45, 2.75) is 17.7 Å². The van der Waals surface area contributed by atoms with Gasteiger partial charge in [0.05, 0.1) is 28.1 Å². The van der Waals surface area contributed by atoms with E-state index in [1.807, 2.05) is 24.4 Å². The molecule has 2 aromatic carbocycles. The van der Waals surface area contributed by atoms with E-state index in [4.69, 9.17) is 11.6 Å². The van der Waals surface area contributed by atoms with Gasteiger partial charge in [-0.3, -0.25) is 9.59 Å². The first kappa shape index (κ1) is 21.8. The fourth-order valence-corrected chi connectivity index (χ4v) is 5.46. The largest absolute Gasteiger partial charge is 0.325 e. The minimum atomic E-state index is -0.168. The van der Waals surface area contributed by atoms with E-state index in [2.05, 4.69) is 26.7 Å². The monoisotopic (exact) mass is 488 g/mol. The maximum Gasteiger partial charge on any atom is 0.234 e. The highest BCUT2D eigenvalue weighted by molar-refractivity contribution is 8.01. The molecule has 2 aromatic heterocycles. The van der Waals surface area contributed by atoms with Crippen molar-refractivity contribution in [3.05, 3.63) is 64.1 Å². The highest BCUT2D eigenvalue weighted by atomic mass is 35.5. The highest BCUT2D eigenvalue weighted by Crippen LogP contribution is 2.27. The van der Waals surface area contributed by atoms with E-state index >= 15 is 0 Å². The normalized spacial score (nSPS) is 10.9. The number of carbonyl (C=O) groups excluding carboxylic acids is 2. The average molecular weight is 489 g/mol. The molecule has 6 nitrogen and oxygen atoms in total. The summed E-state index contributed by atoms with van der Waals surface area (Å²) in [5.74, 6) is -0.0709. The molecule has 0 radical (unpaired) electrons. The second kappa shape index (κ2) is 9.78. The van der Waals surface area contributed by atoms with Crippen LogP contribution in [0.1, 0.15) is 11.3 Å². The van der Waals surface area contributed by atoms with E-state index in [9.17, 15) is 9.59 Å². The summed E-state index contributed by atoms with van der Waals surface area (Å²) in [5.41, 5.74) is 3.38. The van der Waals surface area contributed by atoms with Crippen LogP contribution in [0.25, 0.3) is 10.2 Å². The molecule has 0 bridgehead atoms. The third-order valence-corrected chi connectivity index (χ3v) is 7.37. The summed E-state index contributed by atoms with van der Waals surface area (Å²) in [7, 11) is 0. The molecule has 4 rings (SSSR count). The van der Waals surface area contributed by atoms with Gasteiger partial charge < -0.3 is 10.6 Å². The Balaban J connectivity index is 1.27. The number of hydrogen-bond acceptors (Lipinski definition) is 7. The molecule has 0 fully saturated rings. The lowest BCUT2D eigenvalue weighted by Crippen LogP contribution is -2.14. The zero-order valence-electron chi connectivity index (χ0n) is 16.3. The summed E-state index contributed by atoms with van der Waals surface area (Å²) in [6.07, 6.45) is 0.156. The maximum atomic E-state index is 12.4. The topological polar surface area (TPSA) is 84.0 Å². The Hall–Kier alpha value is -2.46. The summed E-state index contributed by atoms with van der Waals surface area (Å²) in [4.78, 5) is 33.3. The molecule has 2 N–H and O–H groups in total. The van der Waals surface area contributed by atoms with Crippen molar-refractivity contribution in [1.82, 2.24) is 9.97 Å². The van der Waals surface area contributed by atoms with Gasteiger partial charge in [0, 0.05) is 16.1 Å². The Morgan fingerprint density at radius 1 is 1.06 bits per heavy atom. The number of thioether (sulfide) groups is 1. The Morgan fingerprint density at radius 2 is 1.87 bits per heavy atom. The van der Waals surface area contributed by atoms with Gasteiger partial charge >= 0.3 is 0 Å². The Labute approximate surface area is 196 Å². The van der Waals surface area contributed by atoms with Crippen molar-refractivity contribution in [3.8, 4) is 0 Å². The van der Waals surface area contributed by atoms with E-state index < -0.39 is 0 Å². The number of amides is 2. The van der Waals surface area contributed by atoms with Crippen LogP contribution in [0, 0.1) is 6.92 Å². The molecule has 0 saturated carbocycles. The van der Waals surface area contributed by atoms with Gasteiger partial charge in [-0.2, -0.15) is 0 Å². The Bertz CT molecular complexity index is 1240. The summed E-state index contributed by atoms with van der Waals surface area (Å²) in [6, 6.07) is 12.9. The molecule has 0 aliphatic heterocycles. The van der Waals surface area contributed by atoms with Gasteiger partial charge in [-0.05, 0) is 48.9 Å². The van der Waals surface area contributed by atoms with Crippen LogP contribution < -0.4 is 10.6 Å². The molecule has 2 heterocycles. The van der Waals surface area contributed by atoms with Gasteiger partial charge in [0.25, 0.3) is 0 Å². The number of fused-ring (bicyclic) bond motifs is 1. The van der Waals surface area contributed by atoms with Crippen molar-refractivity contribution in [1.29, 1.82) is 0 Å². The molecule has 0 aliphatic rings. The first-order valence-electron chi connectivity index (χ1n) is 9.24. The van der Waals surface area contributed by atoms with Crippen molar-refractivity contribution < 1.29 is 9.59 Å². The molecule has 31 heavy (non-hydrogen) atoms. The first-order valence-corrected chi connectivity index (χ1v) is 12.3. The van der Waals surface area contributed by atoms with Gasteiger partial charge in [-0.1, -0.05) is 40.8 Å². The van der Waals surface area contributed by atoms with E-state index in [0.717, 1.165) is 20.1 Å². The number of nitrogens with one attached hydrogen (secondary N) is 2. The van der Waals surface area contributed by atoms with Crippen LogP contribution in [0.3, 0.4) is 0 Å². The van der Waals surface area contributed by atoms with Gasteiger partial charge in [0.1, 0.15) is 0 Å². The number of hydrogen-bond donors (Lipinski definition) is 2. The molecular formula is C21H17ClN4O2S3. The van der Waals surface area contributed by atoms with Crippen molar-refractivity contribution in [2.75, 3.05) is 16.4 Å². The molecule has 158 valence electrons. The van der Waals surface area contributed by atoms with Crippen LogP contribution >= 0.6 is 46.0 Å². The molecule has 10 heteroatoms. The second-order valence-corrected chi connectivity index (χ2v) is 10.2. The third-order valence-electron chi connectivity index (χ3n) is 4.12. The fourth-order valence-electron chi connectivity index (χ4n) is 2.71. The number of aromatic nitrogens is 2. The van der Waals surface area contributed by atoms with Crippen LogP contribution in [0.2, 0.25) is 5.02 Å². The number of carbonyl (C=O) groups is 2. The van der Waals surface area contributed by atoms with E-state index in [1.54, 1.807) is 24.3 Å². The molecule has 0 aliphatic carbocycles. The lowest BCUT2D eigenvalue weighted by molar-refractivity contribution is -0.116. The quantitative estimate of drug-likeness (QED) is 0.329. The summed E-state index contributed by atoms with van der Waals surface area (Å²) >= 11 is 10.0. The number of thiazole rings is 2. The molecule has 0 spiro atoms. The molecule has 0 saturated heterocycles. The van der Waals surface area contributed by atoms with Gasteiger partial charge in [-0.15, -0.1) is 11.3 Å². The number of halogens is 1. The molecule has 0 unspecified atom stereocenters. The maximum absolute atomic E-state index is 12.4. The summed E-state index contributed by atoms with van der Waals surface area (Å²) in [6.45, 7) is 2.02. The number of anilines is 2. The van der Waals surface area contributed by atoms with Gasteiger partial charge in [0.15, 0.2) is 9.47 Å². The number of benzene rings is 2. The number of nitrogens with zero attached hydrogens (tertiary/aromatic N) is 2. The Morgan fingerprint density at radius 3 is 2.68 bits per heavy atom. The third kappa shape index (κ3) is 6.04. The van der Waals surface area contributed by atoms with E-state index in [0.29, 0.717) is 21.5 Å². The SMILES string of the molecule is Cc1ccc2nc(NC(=O)Cc3csc(SCC(=O)Nc4ccc(Cl)cc4)n3)sc2c1. The minimum Gasteiger partial charge on any atom is -0.325 e. The highest BCUT2D eigenvalue weighted by Gasteiger charge is 2.12. The second-order valence-electron chi connectivity index (χ2n) is 6.66. The lowest BCUT2D eigenvalue weighted by atomic mass is 10.2. The zero-order chi connectivity index (χ0) is 21.8. The molecule has 2 amide bonds. The van der Waals surface area contributed by atoms with E-state index in [-0.39, 0.29) is 24.0 Å². The predicted molar refractivity (Wildman–Crippen MR) is 130 cm³/mol. The molecular weight excluding hydrogens is 472 g/mol. The van der Waals surface area contributed by atoms with Crippen LogP contribution in [0.5, 0.6) is 0 Å². The van der Waals surface area contributed by atoms with Gasteiger partial charge in [-0.25, -0.2) is 9.97 Å². The summed E-state index contributed by atoms with van der Waals surface area (Å²) in [5, 5.41) is 8.68. The number of aryl methyl sites for hydroxylation is 1. The average Bonchev–Trinajstić information content (AvgIpc) is 3.33. The molecule has 0 atom stereocenters. The fraction of sp³-hybridized carbons (Fsp3) is 0.143.